The zero-order valence-corrected chi connectivity index (χ0v) is 9.97. The summed E-state index contributed by atoms with van der Waals surface area (Å²) in [6.07, 6.45) is 12.0. The Labute approximate surface area is 97.4 Å². The normalized spacial score (nSPS) is 11.1. The highest BCUT2D eigenvalue weighted by Gasteiger charge is 2.00. The number of aromatic nitrogens is 1. The molecule has 0 saturated heterocycles. The maximum absolute atomic E-state index is 8.44. The van der Waals surface area contributed by atoms with Gasteiger partial charge in [-0.15, -0.1) is 0 Å². The second-order valence-electron chi connectivity index (χ2n) is 4.03. The molecular weight excluding hydrogens is 200 g/mol. The zero-order chi connectivity index (χ0) is 11.6. The van der Waals surface area contributed by atoms with Crippen molar-refractivity contribution < 1.29 is 9.77 Å². The predicted molar refractivity (Wildman–Crippen MR) is 64.8 cm³/mol. The molecule has 3 heteroatoms. The van der Waals surface area contributed by atoms with Gasteiger partial charge in [-0.3, -0.25) is 0 Å². The SMILES string of the molecule is CCCCCCC[n+]1cccc(/C=N/O)c1. The molecule has 1 rings (SSSR count). The van der Waals surface area contributed by atoms with Crippen LogP contribution in [0.2, 0.25) is 0 Å². The molecule has 0 unspecified atom stereocenters. The Morgan fingerprint density at radius 2 is 2.12 bits per heavy atom. The van der Waals surface area contributed by atoms with Gasteiger partial charge < -0.3 is 5.21 Å². The van der Waals surface area contributed by atoms with Crippen molar-refractivity contribution in [3.05, 3.63) is 30.1 Å². The molecule has 16 heavy (non-hydrogen) atoms. The molecule has 0 fully saturated rings. The van der Waals surface area contributed by atoms with Gasteiger partial charge in [-0.1, -0.05) is 31.3 Å². The van der Waals surface area contributed by atoms with Crippen LogP contribution in [0.25, 0.3) is 0 Å². The number of hydrogen-bond donors (Lipinski definition) is 1. The van der Waals surface area contributed by atoms with Gasteiger partial charge in [0.05, 0.1) is 11.8 Å². The molecule has 88 valence electrons. The molecule has 1 aromatic heterocycles. The lowest BCUT2D eigenvalue weighted by atomic mass is 10.1. The number of aryl methyl sites for hydroxylation is 1. The highest BCUT2D eigenvalue weighted by Crippen LogP contribution is 2.02. The molecule has 0 aliphatic heterocycles. The smallest absolute Gasteiger partial charge is 0.177 e. The Kier molecular flexibility index (Phi) is 6.23. The maximum Gasteiger partial charge on any atom is 0.177 e. The average Bonchev–Trinajstić information content (AvgIpc) is 2.30. The average molecular weight is 221 g/mol. The van der Waals surface area contributed by atoms with Crippen molar-refractivity contribution in [3.8, 4) is 0 Å². The first-order valence-corrected chi connectivity index (χ1v) is 6.03. The Morgan fingerprint density at radius 1 is 1.31 bits per heavy atom. The number of oxime groups is 1. The Morgan fingerprint density at radius 3 is 2.88 bits per heavy atom. The third kappa shape index (κ3) is 4.91. The second kappa shape index (κ2) is 7.85. The van der Waals surface area contributed by atoms with Crippen molar-refractivity contribution in [2.75, 3.05) is 0 Å². The predicted octanol–water partition coefficient (Wildman–Crippen LogP) is 2.75. The van der Waals surface area contributed by atoms with E-state index >= 15 is 0 Å². The molecule has 0 radical (unpaired) electrons. The molecule has 0 amide bonds. The summed E-state index contributed by atoms with van der Waals surface area (Å²) >= 11 is 0. The summed E-state index contributed by atoms with van der Waals surface area (Å²) < 4.78 is 2.14. The van der Waals surface area contributed by atoms with E-state index in [1.54, 1.807) is 0 Å². The molecule has 3 nitrogen and oxygen atoms in total. The van der Waals surface area contributed by atoms with E-state index in [0.717, 1.165) is 12.1 Å². The highest BCUT2D eigenvalue weighted by atomic mass is 16.4. The van der Waals surface area contributed by atoms with E-state index in [1.807, 2.05) is 18.3 Å². The minimum atomic E-state index is 0.929. The van der Waals surface area contributed by atoms with Gasteiger partial charge in [0.15, 0.2) is 12.4 Å². The monoisotopic (exact) mass is 221 g/mol. The van der Waals surface area contributed by atoms with Crippen LogP contribution in [0.5, 0.6) is 0 Å². The number of hydrogen-bond acceptors (Lipinski definition) is 2. The molecule has 0 bridgehead atoms. The van der Waals surface area contributed by atoms with Crippen LogP contribution in [0.1, 0.15) is 44.6 Å². The van der Waals surface area contributed by atoms with E-state index in [0.29, 0.717) is 0 Å². The fourth-order valence-electron chi connectivity index (χ4n) is 1.72. The lowest BCUT2D eigenvalue weighted by molar-refractivity contribution is -0.697. The van der Waals surface area contributed by atoms with Gasteiger partial charge in [0.25, 0.3) is 0 Å². The summed E-state index contributed by atoms with van der Waals surface area (Å²) in [6, 6.07) is 3.90. The Hall–Kier alpha value is -1.38. The molecule has 1 aromatic rings. The molecule has 0 aliphatic rings. The molecule has 0 aromatic carbocycles. The molecule has 1 heterocycles. The number of unbranched alkanes of at least 4 members (excludes halogenated alkanes) is 4. The fraction of sp³-hybridized carbons (Fsp3) is 0.538. The second-order valence-corrected chi connectivity index (χ2v) is 4.03. The molecule has 0 saturated carbocycles. The zero-order valence-electron chi connectivity index (χ0n) is 9.97. The van der Waals surface area contributed by atoms with Crippen molar-refractivity contribution in [3.63, 3.8) is 0 Å². The summed E-state index contributed by atoms with van der Waals surface area (Å²) in [5.74, 6) is 0. The van der Waals surface area contributed by atoms with Crippen molar-refractivity contribution in [2.24, 2.45) is 5.16 Å². The number of nitrogens with zero attached hydrogens (tertiary/aromatic N) is 2. The van der Waals surface area contributed by atoms with Gasteiger partial charge in [0.1, 0.15) is 6.54 Å². The maximum atomic E-state index is 8.44. The van der Waals surface area contributed by atoms with Crippen LogP contribution in [0, 0.1) is 0 Å². The molecule has 0 spiro atoms. The third-order valence-electron chi connectivity index (χ3n) is 2.61. The standard InChI is InChI=1S/C13H20N2O/c1-2-3-4-5-6-9-15-10-7-8-13(12-15)11-14-16/h7-8,10-12H,2-6,9H2,1H3/p+1/b14-11+. The van der Waals surface area contributed by atoms with Gasteiger partial charge in [0.2, 0.25) is 0 Å². The van der Waals surface area contributed by atoms with Crippen LogP contribution in [0.15, 0.2) is 29.7 Å². The topological polar surface area (TPSA) is 36.5 Å². The van der Waals surface area contributed by atoms with E-state index in [4.69, 9.17) is 5.21 Å². The number of rotatable bonds is 7. The van der Waals surface area contributed by atoms with Crippen molar-refractivity contribution >= 4 is 6.21 Å². The fourth-order valence-corrected chi connectivity index (χ4v) is 1.72. The summed E-state index contributed by atoms with van der Waals surface area (Å²) in [4.78, 5) is 0. The lowest BCUT2D eigenvalue weighted by Crippen LogP contribution is -2.33. The Bertz CT molecular complexity index is 323. The van der Waals surface area contributed by atoms with E-state index in [1.165, 1.54) is 38.3 Å². The number of pyridine rings is 1. The van der Waals surface area contributed by atoms with Crippen LogP contribution in [-0.2, 0) is 6.54 Å². The van der Waals surface area contributed by atoms with Crippen LogP contribution in [-0.4, -0.2) is 11.4 Å². The highest BCUT2D eigenvalue weighted by molar-refractivity contribution is 5.77. The van der Waals surface area contributed by atoms with Crippen LogP contribution >= 0.6 is 0 Å². The summed E-state index contributed by atoms with van der Waals surface area (Å²) in [6.45, 7) is 3.27. The molecule has 0 aliphatic carbocycles. The molecule has 0 atom stereocenters. The van der Waals surface area contributed by atoms with E-state index in [9.17, 15) is 0 Å². The lowest BCUT2D eigenvalue weighted by Gasteiger charge is -1.98. The van der Waals surface area contributed by atoms with Gasteiger partial charge in [0, 0.05) is 12.5 Å². The van der Waals surface area contributed by atoms with Gasteiger partial charge >= 0.3 is 0 Å². The Balaban J connectivity index is 2.33. The van der Waals surface area contributed by atoms with Gasteiger partial charge in [-0.05, 0) is 12.5 Å². The van der Waals surface area contributed by atoms with E-state index in [-0.39, 0.29) is 0 Å². The van der Waals surface area contributed by atoms with Crippen molar-refractivity contribution in [1.29, 1.82) is 0 Å². The van der Waals surface area contributed by atoms with Crippen molar-refractivity contribution in [1.82, 2.24) is 0 Å². The first kappa shape index (κ1) is 12.7. The summed E-state index contributed by atoms with van der Waals surface area (Å²) in [5.41, 5.74) is 0.929. The van der Waals surface area contributed by atoms with Crippen LogP contribution < -0.4 is 4.57 Å². The minimum Gasteiger partial charge on any atom is -0.411 e. The summed E-state index contributed by atoms with van der Waals surface area (Å²) in [7, 11) is 0. The van der Waals surface area contributed by atoms with Crippen molar-refractivity contribution in [2.45, 2.75) is 45.6 Å². The molecular formula is C13H21N2O+. The van der Waals surface area contributed by atoms with Crippen LogP contribution in [0.3, 0.4) is 0 Å². The summed E-state index contributed by atoms with van der Waals surface area (Å²) in [5, 5.41) is 11.5. The molecule has 1 N–H and O–H groups in total. The van der Waals surface area contributed by atoms with Crippen LogP contribution in [0.4, 0.5) is 0 Å². The van der Waals surface area contributed by atoms with Gasteiger partial charge in [-0.2, -0.15) is 0 Å². The first-order valence-electron chi connectivity index (χ1n) is 6.03. The van der Waals surface area contributed by atoms with Gasteiger partial charge in [-0.25, -0.2) is 4.57 Å². The van der Waals surface area contributed by atoms with E-state index < -0.39 is 0 Å². The first-order chi connectivity index (χ1) is 7.86. The minimum absolute atomic E-state index is 0.929. The van der Waals surface area contributed by atoms with E-state index in [2.05, 4.69) is 22.8 Å². The third-order valence-corrected chi connectivity index (χ3v) is 2.61. The quantitative estimate of drug-likeness (QED) is 0.248. The largest absolute Gasteiger partial charge is 0.411 e.